The van der Waals surface area contributed by atoms with E-state index in [-0.39, 0.29) is 11.7 Å². The number of Topliss-reactive ketones (excluding diaryl/α,β-unsaturated/α-hetero) is 1. The maximum atomic E-state index is 10.5. The lowest BCUT2D eigenvalue weighted by atomic mass is 10.1. The van der Waals surface area contributed by atoms with E-state index < -0.39 is 0 Å². The molecule has 5 heteroatoms. The number of nitrogens with zero attached hydrogens (tertiary/aromatic N) is 1. The highest BCUT2D eigenvalue weighted by molar-refractivity contribution is 9.09. The highest BCUT2D eigenvalue weighted by Crippen LogP contribution is 2.30. The van der Waals surface area contributed by atoms with E-state index in [9.17, 15) is 4.79 Å². The summed E-state index contributed by atoms with van der Waals surface area (Å²) in [6.45, 7) is 8.08. The number of benzene rings is 1. The molecule has 1 aromatic heterocycles. The average Bonchev–Trinajstić information content (AvgIpc) is 2.97. The first-order valence-corrected chi connectivity index (χ1v) is 9.25. The van der Waals surface area contributed by atoms with Crippen molar-refractivity contribution in [1.29, 1.82) is 0 Å². The Labute approximate surface area is 145 Å². The summed E-state index contributed by atoms with van der Waals surface area (Å²) >= 11 is 4.72. The first kappa shape index (κ1) is 18.8. The van der Waals surface area contributed by atoms with E-state index >= 15 is 0 Å². The number of carbonyl (C=O) groups excluding carboxylic acids is 1. The van der Waals surface area contributed by atoms with Gasteiger partial charge in [-0.15, -0.1) is 11.3 Å². The second-order valence-corrected chi connectivity index (χ2v) is 6.99. The number of thiazole rings is 1. The van der Waals surface area contributed by atoms with Crippen LogP contribution in [-0.4, -0.2) is 16.1 Å². The van der Waals surface area contributed by atoms with Gasteiger partial charge in [-0.25, -0.2) is 4.98 Å². The van der Waals surface area contributed by atoms with Crippen molar-refractivity contribution in [2.45, 2.75) is 33.6 Å². The summed E-state index contributed by atoms with van der Waals surface area (Å²) in [6.07, 6.45) is 0. The Morgan fingerprint density at radius 1 is 1.27 bits per heavy atom. The zero-order valence-corrected chi connectivity index (χ0v) is 15.9. The van der Waals surface area contributed by atoms with Crippen LogP contribution < -0.4 is 5.73 Å². The van der Waals surface area contributed by atoms with Gasteiger partial charge in [-0.05, 0) is 18.1 Å². The molecule has 0 amide bonds. The molecule has 1 aromatic carbocycles. The van der Waals surface area contributed by atoms with E-state index in [1.165, 1.54) is 0 Å². The lowest BCUT2D eigenvalue weighted by Crippen LogP contribution is -2.06. The van der Waals surface area contributed by atoms with Gasteiger partial charge in [0.1, 0.15) is 10.8 Å². The molecule has 2 aromatic rings. The molecule has 0 aliphatic heterocycles. The Morgan fingerprint density at radius 2 is 1.91 bits per heavy atom. The lowest BCUT2D eigenvalue weighted by molar-refractivity contribution is -0.119. The Balaban J connectivity index is 0.000000295. The minimum absolute atomic E-state index is 0.180. The highest BCUT2D eigenvalue weighted by atomic mass is 79.9. The number of alkyl halides is 1. The molecule has 0 unspecified atom stereocenters. The van der Waals surface area contributed by atoms with Crippen molar-refractivity contribution >= 4 is 38.7 Å². The van der Waals surface area contributed by atoms with Gasteiger partial charge in [0.15, 0.2) is 0 Å². The molecular weight excluding hydrogens is 360 g/mol. The second kappa shape index (κ2) is 9.06. The van der Waals surface area contributed by atoms with Crippen molar-refractivity contribution < 1.29 is 4.79 Å². The standard InChI is InChI=1S/C12H14N2S.C5H9BrO/c1-8(2)11-7-15-12(14-11)9-5-3-4-6-10(9)13;1-4(2)5(7)3-6/h3-8H,13H2,1-2H3;4H,3H2,1-2H3. The number of ketones is 1. The summed E-state index contributed by atoms with van der Waals surface area (Å²) in [5.74, 6) is 0.916. The molecule has 1 heterocycles. The topological polar surface area (TPSA) is 56.0 Å². The van der Waals surface area contributed by atoms with Crippen molar-refractivity contribution in [3.63, 3.8) is 0 Å². The summed E-state index contributed by atoms with van der Waals surface area (Å²) in [6, 6.07) is 7.85. The number of rotatable bonds is 4. The summed E-state index contributed by atoms with van der Waals surface area (Å²) in [4.78, 5) is 15.0. The maximum absolute atomic E-state index is 10.5. The fourth-order valence-electron chi connectivity index (χ4n) is 1.52. The third-order valence-electron chi connectivity index (χ3n) is 3.08. The molecule has 0 saturated carbocycles. The molecule has 0 radical (unpaired) electrons. The maximum Gasteiger partial charge on any atom is 0.145 e. The van der Waals surface area contributed by atoms with Crippen molar-refractivity contribution in [2.24, 2.45) is 5.92 Å². The monoisotopic (exact) mass is 382 g/mol. The van der Waals surface area contributed by atoms with Crippen LogP contribution in [0.3, 0.4) is 0 Å². The zero-order chi connectivity index (χ0) is 16.7. The van der Waals surface area contributed by atoms with E-state index in [4.69, 9.17) is 5.73 Å². The van der Waals surface area contributed by atoms with Gasteiger partial charge in [0.2, 0.25) is 0 Å². The van der Waals surface area contributed by atoms with Crippen LogP contribution in [0.25, 0.3) is 10.6 Å². The average molecular weight is 383 g/mol. The number of aromatic nitrogens is 1. The fourth-order valence-corrected chi connectivity index (χ4v) is 3.20. The first-order valence-electron chi connectivity index (χ1n) is 7.25. The fraction of sp³-hybridized carbons (Fsp3) is 0.412. The van der Waals surface area contributed by atoms with E-state index in [2.05, 4.69) is 40.1 Å². The van der Waals surface area contributed by atoms with Crippen molar-refractivity contribution in [3.8, 4) is 10.6 Å². The van der Waals surface area contributed by atoms with Gasteiger partial charge in [0, 0.05) is 22.5 Å². The molecule has 22 heavy (non-hydrogen) atoms. The summed E-state index contributed by atoms with van der Waals surface area (Å²) in [5.41, 5.74) is 8.87. The number of para-hydroxylation sites is 1. The third-order valence-corrected chi connectivity index (χ3v) is 4.53. The summed E-state index contributed by atoms with van der Waals surface area (Å²) in [7, 11) is 0. The molecule has 0 bridgehead atoms. The molecular formula is C17H23BrN2OS. The predicted octanol–water partition coefficient (Wildman–Crippen LogP) is 5.12. The number of hydrogen-bond donors (Lipinski definition) is 1. The Hall–Kier alpha value is -1.20. The molecule has 0 spiro atoms. The smallest absolute Gasteiger partial charge is 0.145 e. The number of hydrogen-bond acceptors (Lipinski definition) is 4. The normalized spacial score (nSPS) is 10.5. The number of carbonyl (C=O) groups is 1. The minimum atomic E-state index is 0.180. The molecule has 2 N–H and O–H groups in total. The van der Waals surface area contributed by atoms with E-state index in [0.29, 0.717) is 11.2 Å². The zero-order valence-electron chi connectivity index (χ0n) is 13.5. The molecule has 0 saturated heterocycles. The quantitative estimate of drug-likeness (QED) is 0.589. The summed E-state index contributed by atoms with van der Waals surface area (Å²) in [5, 5.41) is 3.61. The Kier molecular flexibility index (Phi) is 7.76. The Morgan fingerprint density at radius 3 is 2.32 bits per heavy atom. The van der Waals surface area contributed by atoms with Crippen molar-refractivity contribution in [1.82, 2.24) is 4.98 Å². The lowest BCUT2D eigenvalue weighted by Gasteiger charge is -2.01. The van der Waals surface area contributed by atoms with Crippen LogP contribution in [0, 0.1) is 5.92 Å². The van der Waals surface area contributed by atoms with Gasteiger partial charge in [0.25, 0.3) is 0 Å². The number of nitrogens with two attached hydrogens (primary N) is 1. The van der Waals surface area contributed by atoms with Crippen LogP contribution in [0.4, 0.5) is 5.69 Å². The SMILES string of the molecule is CC(C)C(=O)CBr.CC(C)c1csc(-c2ccccc2N)n1. The second-order valence-electron chi connectivity index (χ2n) is 5.57. The van der Waals surface area contributed by atoms with Crippen LogP contribution in [0.2, 0.25) is 0 Å². The van der Waals surface area contributed by atoms with Crippen molar-refractivity contribution in [2.75, 3.05) is 11.1 Å². The van der Waals surface area contributed by atoms with Gasteiger partial charge in [-0.3, -0.25) is 4.79 Å². The Bertz CT molecular complexity index is 608. The molecule has 2 rings (SSSR count). The third kappa shape index (κ3) is 5.54. The molecule has 0 atom stereocenters. The molecule has 120 valence electrons. The van der Waals surface area contributed by atoms with Gasteiger partial charge < -0.3 is 5.73 Å². The van der Waals surface area contributed by atoms with Gasteiger partial charge >= 0.3 is 0 Å². The van der Waals surface area contributed by atoms with Crippen LogP contribution in [0.5, 0.6) is 0 Å². The van der Waals surface area contributed by atoms with Crippen LogP contribution in [-0.2, 0) is 4.79 Å². The molecule has 3 nitrogen and oxygen atoms in total. The number of nitrogen functional groups attached to an aromatic ring is 1. The van der Waals surface area contributed by atoms with Crippen LogP contribution >= 0.6 is 27.3 Å². The van der Waals surface area contributed by atoms with Gasteiger partial charge in [-0.2, -0.15) is 0 Å². The molecule has 0 fully saturated rings. The predicted molar refractivity (Wildman–Crippen MR) is 99.7 cm³/mol. The first-order chi connectivity index (χ1) is 10.4. The van der Waals surface area contributed by atoms with E-state index in [0.717, 1.165) is 22.0 Å². The number of anilines is 1. The van der Waals surface area contributed by atoms with Gasteiger partial charge in [-0.1, -0.05) is 55.8 Å². The highest BCUT2D eigenvalue weighted by Gasteiger charge is 2.09. The van der Waals surface area contributed by atoms with Crippen LogP contribution in [0.15, 0.2) is 29.6 Å². The van der Waals surface area contributed by atoms with Crippen molar-refractivity contribution in [3.05, 3.63) is 35.3 Å². The molecule has 0 aliphatic rings. The van der Waals surface area contributed by atoms with E-state index in [1.807, 2.05) is 38.1 Å². The van der Waals surface area contributed by atoms with Crippen LogP contribution in [0.1, 0.15) is 39.3 Å². The number of halogens is 1. The molecule has 0 aliphatic carbocycles. The minimum Gasteiger partial charge on any atom is -0.398 e. The largest absolute Gasteiger partial charge is 0.398 e. The van der Waals surface area contributed by atoms with Gasteiger partial charge in [0.05, 0.1) is 11.0 Å². The summed E-state index contributed by atoms with van der Waals surface area (Å²) < 4.78 is 0. The van der Waals surface area contributed by atoms with E-state index in [1.54, 1.807) is 11.3 Å².